The summed E-state index contributed by atoms with van der Waals surface area (Å²) in [5.74, 6) is 1.96. The van der Waals surface area contributed by atoms with Gasteiger partial charge in [-0.15, -0.1) is 0 Å². The molecule has 0 aromatic carbocycles. The van der Waals surface area contributed by atoms with E-state index in [1.165, 1.54) is 37.9 Å². The molecule has 1 aromatic heterocycles. The lowest BCUT2D eigenvalue weighted by molar-refractivity contribution is 0.310. The topological polar surface area (TPSA) is 29.9 Å². The summed E-state index contributed by atoms with van der Waals surface area (Å²) in [6, 6.07) is 0.567. The van der Waals surface area contributed by atoms with E-state index in [4.69, 9.17) is 0 Å². The third-order valence-corrected chi connectivity index (χ3v) is 4.00. The predicted molar refractivity (Wildman–Crippen MR) is 82.3 cm³/mol. The number of nitrogens with one attached hydrogen (secondary N) is 1. The molecule has 0 spiro atoms. The molecule has 0 aliphatic carbocycles. The minimum Gasteiger partial charge on any atom is -0.338 e. The molecule has 19 heavy (non-hydrogen) atoms. The Balaban J connectivity index is 2.65. The van der Waals surface area contributed by atoms with Gasteiger partial charge in [0.1, 0.15) is 5.82 Å². The van der Waals surface area contributed by atoms with Crippen LogP contribution in [-0.4, -0.2) is 22.1 Å². The Morgan fingerprint density at radius 3 is 2.58 bits per heavy atom. The van der Waals surface area contributed by atoms with Gasteiger partial charge in [-0.05, 0) is 25.3 Å². The fourth-order valence-electron chi connectivity index (χ4n) is 2.68. The third kappa shape index (κ3) is 5.35. The van der Waals surface area contributed by atoms with Crippen LogP contribution in [0, 0.1) is 5.92 Å². The van der Waals surface area contributed by atoms with Gasteiger partial charge in [0.2, 0.25) is 0 Å². The molecule has 2 unspecified atom stereocenters. The third-order valence-electron chi connectivity index (χ3n) is 4.00. The van der Waals surface area contributed by atoms with Crippen LogP contribution >= 0.6 is 0 Å². The van der Waals surface area contributed by atoms with Gasteiger partial charge in [0.15, 0.2) is 0 Å². The van der Waals surface area contributed by atoms with Gasteiger partial charge >= 0.3 is 0 Å². The molecule has 110 valence electrons. The summed E-state index contributed by atoms with van der Waals surface area (Å²) < 4.78 is 2.15. The molecule has 1 aromatic rings. The van der Waals surface area contributed by atoms with Gasteiger partial charge in [-0.2, -0.15) is 0 Å². The van der Waals surface area contributed by atoms with Crippen LogP contribution in [0.1, 0.15) is 58.7 Å². The van der Waals surface area contributed by atoms with Crippen molar-refractivity contribution in [1.29, 1.82) is 0 Å². The van der Waals surface area contributed by atoms with Gasteiger partial charge in [-0.1, -0.05) is 40.0 Å². The van der Waals surface area contributed by atoms with E-state index >= 15 is 0 Å². The first-order chi connectivity index (χ1) is 9.22. The fourth-order valence-corrected chi connectivity index (χ4v) is 2.68. The normalized spacial score (nSPS) is 14.5. The molecule has 3 heteroatoms. The van der Waals surface area contributed by atoms with Crippen LogP contribution in [0.4, 0.5) is 0 Å². The Labute approximate surface area is 118 Å². The van der Waals surface area contributed by atoms with Crippen molar-refractivity contribution in [3.8, 4) is 0 Å². The molecule has 0 bridgehead atoms. The SMILES string of the molecule is CCCCC(CC)C(Cc1nccn1C)NCCC. The van der Waals surface area contributed by atoms with Crippen LogP contribution in [-0.2, 0) is 13.5 Å². The number of nitrogens with zero attached hydrogens (tertiary/aromatic N) is 2. The lowest BCUT2D eigenvalue weighted by Gasteiger charge is -2.27. The minimum atomic E-state index is 0.567. The number of unbranched alkanes of at least 4 members (excludes halogenated alkanes) is 1. The van der Waals surface area contributed by atoms with Gasteiger partial charge in [0.05, 0.1) is 0 Å². The molecule has 1 rings (SSSR count). The summed E-state index contributed by atoms with van der Waals surface area (Å²) >= 11 is 0. The van der Waals surface area contributed by atoms with E-state index in [1.54, 1.807) is 0 Å². The highest BCUT2D eigenvalue weighted by atomic mass is 15.0. The molecule has 0 aliphatic heterocycles. The highest BCUT2D eigenvalue weighted by Gasteiger charge is 2.20. The average Bonchev–Trinajstić information content (AvgIpc) is 2.82. The van der Waals surface area contributed by atoms with E-state index in [9.17, 15) is 0 Å². The molecule has 0 saturated heterocycles. The number of aromatic nitrogens is 2. The zero-order valence-electron chi connectivity index (χ0n) is 13.2. The second-order valence-electron chi connectivity index (χ2n) is 5.53. The zero-order chi connectivity index (χ0) is 14.1. The monoisotopic (exact) mass is 265 g/mol. The molecule has 3 nitrogen and oxygen atoms in total. The van der Waals surface area contributed by atoms with Gasteiger partial charge < -0.3 is 9.88 Å². The second kappa shape index (κ2) is 9.13. The van der Waals surface area contributed by atoms with Crippen molar-refractivity contribution in [2.24, 2.45) is 13.0 Å². The summed E-state index contributed by atoms with van der Waals surface area (Å²) in [5, 5.41) is 3.74. The molecule has 1 N–H and O–H groups in total. The van der Waals surface area contributed by atoms with Crippen molar-refractivity contribution in [3.63, 3.8) is 0 Å². The molecule has 0 saturated carbocycles. The zero-order valence-corrected chi connectivity index (χ0v) is 13.2. The van der Waals surface area contributed by atoms with Crippen molar-refractivity contribution >= 4 is 0 Å². The number of hydrogen-bond donors (Lipinski definition) is 1. The molecular weight excluding hydrogens is 234 g/mol. The number of imidazole rings is 1. The lowest BCUT2D eigenvalue weighted by Crippen LogP contribution is -2.39. The van der Waals surface area contributed by atoms with E-state index in [-0.39, 0.29) is 0 Å². The van der Waals surface area contributed by atoms with Gasteiger partial charge in [-0.25, -0.2) is 4.98 Å². The fraction of sp³-hybridized carbons (Fsp3) is 0.812. The number of hydrogen-bond acceptors (Lipinski definition) is 2. The van der Waals surface area contributed by atoms with Crippen molar-refractivity contribution in [1.82, 2.24) is 14.9 Å². The molecule has 0 fully saturated rings. The van der Waals surface area contributed by atoms with Crippen molar-refractivity contribution in [2.75, 3.05) is 6.54 Å². The Morgan fingerprint density at radius 1 is 1.26 bits per heavy atom. The molecule has 2 atom stereocenters. The molecule has 0 amide bonds. The quantitative estimate of drug-likeness (QED) is 0.701. The molecule has 0 aliphatic rings. The molecule has 1 heterocycles. The van der Waals surface area contributed by atoms with Crippen molar-refractivity contribution < 1.29 is 0 Å². The summed E-state index contributed by atoms with van der Waals surface area (Å²) in [5.41, 5.74) is 0. The van der Waals surface area contributed by atoms with Gasteiger partial charge in [0, 0.05) is 31.9 Å². The highest BCUT2D eigenvalue weighted by Crippen LogP contribution is 2.19. The van der Waals surface area contributed by atoms with E-state index in [0.29, 0.717) is 6.04 Å². The smallest absolute Gasteiger partial charge is 0.109 e. The molecular formula is C16H31N3. The largest absolute Gasteiger partial charge is 0.338 e. The average molecular weight is 265 g/mol. The maximum Gasteiger partial charge on any atom is 0.109 e. The Hall–Kier alpha value is -0.830. The highest BCUT2D eigenvalue weighted by molar-refractivity contribution is 4.96. The number of rotatable bonds is 10. The Kier molecular flexibility index (Phi) is 7.80. The summed E-state index contributed by atoms with van der Waals surface area (Å²) in [6.45, 7) is 7.94. The second-order valence-corrected chi connectivity index (χ2v) is 5.53. The van der Waals surface area contributed by atoms with E-state index in [2.05, 4.69) is 42.7 Å². The van der Waals surface area contributed by atoms with Crippen molar-refractivity contribution in [2.45, 2.75) is 65.3 Å². The maximum absolute atomic E-state index is 4.48. The van der Waals surface area contributed by atoms with E-state index in [0.717, 1.165) is 18.9 Å². The number of aryl methyl sites for hydroxylation is 1. The Morgan fingerprint density at radius 2 is 2.05 bits per heavy atom. The van der Waals surface area contributed by atoms with Crippen LogP contribution in [0.15, 0.2) is 12.4 Å². The van der Waals surface area contributed by atoms with Crippen LogP contribution in [0.2, 0.25) is 0 Å². The van der Waals surface area contributed by atoms with Crippen LogP contribution in [0.5, 0.6) is 0 Å². The lowest BCUT2D eigenvalue weighted by atomic mass is 9.89. The van der Waals surface area contributed by atoms with Crippen LogP contribution in [0.25, 0.3) is 0 Å². The van der Waals surface area contributed by atoms with Gasteiger partial charge in [0.25, 0.3) is 0 Å². The first-order valence-corrected chi connectivity index (χ1v) is 7.92. The van der Waals surface area contributed by atoms with E-state index < -0.39 is 0 Å². The van der Waals surface area contributed by atoms with E-state index in [1.807, 2.05) is 12.4 Å². The van der Waals surface area contributed by atoms with Crippen LogP contribution < -0.4 is 5.32 Å². The first-order valence-electron chi connectivity index (χ1n) is 7.92. The predicted octanol–water partition coefficient (Wildman–Crippen LogP) is 3.55. The maximum atomic E-state index is 4.48. The van der Waals surface area contributed by atoms with Gasteiger partial charge in [-0.3, -0.25) is 0 Å². The summed E-state index contributed by atoms with van der Waals surface area (Å²) in [6.07, 6.45) is 11.4. The van der Waals surface area contributed by atoms with Crippen LogP contribution in [0.3, 0.4) is 0 Å². The minimum absolute atomic E-state index is 0.567. The molecule has 0 radical (unpaired) electrons. The summed E-state index contributed by atoms with van der Waals surface area (Å²) in [7, 11) is 2.09. The Bertz CT molecular complexity index is 332. The van der Waals surface area contributed by atoms with Crippen molar-refractivity contribution in [3.05, 3.63) is 18.2 Å². The summed E-state index contributed by atoms with van der Waals surface area (Å²) in [4.78, 5) is 4.48. The standard InChI is InChI=1S/C16H31N3/c1-5-8-9-14(7-3)15(17-10-6-2)13-16-18-11-12-19(16)4/h11-12,14-15,17H,5-10,13H2,1-4H3. The first kappa shape index (κ1) is 16.2.